The average molecular weight is 256 g/mol. The summed E-state index contributed by atoms with van der Waals surface area (Å²) >= 11 is 0. The fraction of sp³-hybridized carbons (Fsp3) is 0.588. The molecule has 1 aliphatic rings. The van der Waals surface area contributed by atoms with Crippen molar-refractivity contribution in [1.29, 1.82) is 5.26 Å². The summed E-state index contributed by atoms with van der Waals surface area (Å²) in [5, 5.41) is 12.5. The molecule has 0 amide bonds. The Morgan fingerprint density at radius 3 is 2.58 bits per heavy atom. The van der Waals surface area contributed by atoms with Gasteiger partial charge in [0.05, 0.1) is 6.07 Å². The molecule has 1 unspecified atom stereocenters. The zero-order valence-electron chi connectivity index (χ0n) is 12.0. The Morgan fingerprint density at radius 2 is 2.00 bits per heavy atom. The molecule has 2 nitrogen and oxygen atoms in total. The number of nitrogens with zero attached hydrogens (tertiary/aromatic N) is 1. The third-order valence-corrected chi connectivity index (χ3v) is 3.97. The lowest BCUT2D eigenvalue weighted by Gasteiger charge is -2.28. The maximum absolute atomic E-state index is 8.71. The van der Waals surface area contributed by atoms with Crippen molar-refractivity contribution >= 4 is 0 Å². The average Bonchev–Trinajstić information content (AvgIpc) is 3.22. The molecule has 1 fully saturated rings. The van der Waals surface area contributed by atoms with Crippen LogP contribution in [0.3, 0.4) is 0 Å². The van der Waals surface area contributed by atoms with E-state index in [2.05, 4.69) is 55.6 Å². The van der Waals surface area contributed by atoms with Crippen LogP contribution in [0.4, 0.5) is 0 Å². The fourth-order valence-electron chi connectivity index (χ4n) is 2.52. The van der Waals surface area contributed by atoms with Crippen LogP contribution in [0.5, 0.6) is 0 Å². The summed E-state index contributed by atoms with van der Waals surface area (Å²) in [7, 11) is 0. The molecule has 1 saturated carbocycles. The third-order valence-electron chi connectivity index (χ3n) is 3.97. The van der Waals surface area contributed by atoms with Crippen molar-refractivity contribution in [3.63, 3.8) is 0 Å². The molecular weight excluding hydrogens is 232 g/mol. The molecule has 1 atom stereocenters. The first-order valence-electron chi connectivity index (χ1n) is 7.28. The monoisotopic (exact) mass is 256 g/mol. The largest absolute Gasteiger partial charge is 0.309 e. The van der Waals surface area contributed by atoms with Gasteiger partial charge in [-0.25, -0.2) is 0 Å². The van der Waals surface area contributed by atoms with Crippen LogP contribution >= 0.6 is 0 Å². The SMILES string of the molecule is CC(C)(CCC#N)CNC(c1ccccc1)C1CC1. The number of nitrogens with one attached hydrogen (secondary N) is 1. The lowest BCUT2D eigenvalue weighted by molar-refractivity contribution is 0.292. The van der Waals surface area contributed by atoms with Crippen LogP contribution in [0.25, 0.3) is 0 Å². The second kappa shape index (κ2) is 6.21. The normalized spacial score (nSPS) is 16.9. The number of hydrogen-bond acceptors (Lipinski definition) is 2. The quantitative estimate of drug-likeness (QED) is 0.798. The van der Waals surface area contributed by atoms with Gasteiger partial charge >= 0.3 is 0 Å². The number of nitriles is 1. The van der Waals surface area contributed by atoms with E-state index in [1.165, 1.54) is 18.4 Å². The van der Waals surface area contributed by atoms with Crippen LogP contribution in [-0.2, 0) is 0 Å². The maximum Gasteiger partial charge on any atom is 0.0621 e. The van der Waals surface area contributed by atoms with Gasteiger partial charge in [0.1, 0.15) is 0 Å². The Bertz CT molecular complexity index is 426. The summed E-state index contributed by atoms with van der Waals surface area (Å²) in [5.41, 5.74) is 1.60. The Kier molecular flexibility index (Phi) is 4.61. The number of hydrogen-bond donors (Lipinski definition) is 1. The minimum Gasteiger partial charge on any atom is -0.309 e. The standard InChI is InChI=1S/C17H24N2/c1-17(2,11-6-12-18)13-19-16(15-9-10-15)14-7-4-3-5-8-14/h3-5,7-8,15-16,19H,6,9-11,13H2,1-2H3. The van der Waals surface area contributed by atoms with Crippen LogP contribution in [0.1, 0.15) is 51.1 Å². The molecule has 0 heterocycles. The van der Waals surface area contributed by atoms with Gasteiger partial charge in [0.2, 0.25) is 0 Å². The summed E-state index contributed by atoms with van der Waals surface area (Å²) in [5.74, 6) is 0.800. The first-order valence-corrected chi connectivity index (χ1v) is 7.28. The van der Waals surface area contributed by atoms with Crippen molar-refractivity contribution in [2.45, 2.75) is 45.6 Å². The zero-order valence-corrected chi connectivity index (χ0v) is 12.0. The molecule has 0 aromatic heterocycles. The minimum absolute atomic E-state index is 0.192. The van der Waals surface area contributed by atoms with Crippen LogP contribution in [0.2, 0.25) is 0 Å². The topological polar surface area (TPSA) is 35.8 Å². The van der Waals surface area contributed by atoms with Gasteiger partial charge in [-0.3, -0.25) is 0 Å². The molecule has 0 spiro atoms. The van der Waals surface area contributed by atoms with Gasteiger partial charge in [0.25, 0.3) is 0 Å². The van der Waals surface area contributed by atoms with Crippen molar-refractivity contribution in [1.82, 2.24) is 5.32 Å². The number of benzene rings is 1. The van der Waals surface area contributed by atoms with Gasteiger partial charge in [-0.05, 0) is 36.2 Å². The summed E-state index contributed by atoms with van der Waals surface area (Å²) in [6.07, 6.45) is 4.28. The fourth-order valence-corrected chi connectivity index (χ4v) is 2.52. The molecule has 1 aliphatic carbocycles. The zero-order chi connectivity index (χ0) is 13.7. The van der Waals surface area contributed by atoms with Crippen molar-refractivity contribution in [2.24, 2.45) is 11.3 Å². The van der Waals surface area contributed by atoms with E-state index in [1.807, 2.05) is 0 Å². The van der Waals surface area contributed by atoms with Gasteiger partial charge in [-0.1, -0.05) is 44.2 Å². The summed E-state index contributed by atoms with van der Waals surface area (Å²) in [6, 6.07) is 13.5. The molecule has 19 heavy (non-hydrogen) atoms. The molecule has 1 aromatic rings. The van der Waals surface area contributed by atoms with Gasteiger partial charge in [0.15, 0.2) is 0 Å². The predicted molar refractivity (Wildman–Crippen MR) is 78.5 cm³/mol. The van der Waals surface area contributed by atoms with E-state index in [9.17, 15) is 0 Å². The van der Waals surface area contributed by atoms with Crippen molar-refractivity contribution in [3.05, 3.63) is 35.9 Å². The highest BCUT2D eigenvalue weighted by molar-refractivity contribution is 5.21. The molecule has 0 bridgehead atoms. The highest BCUT2D eigenvalue weighted by Crippen LogP contribution is 2.41. The molecule has 0 aliphatic heterocycles. The van der Waals surface area contributed by atoms with Crippen LogP contribution in [0.15, 0.2) is 30.3 Å². The highest BCUT2D eigenvalue weighted by Gasteiger charge is 2.33. The molecule has 102 valence electrons. The van der Waals surface area contributed by atoms with E-state index in [1.54, 1.807) is 0 Å². The lowest BCUT2D eigenvalue weighted by atomic mass is 9.87. The lowest BCUT2D eigenvalue weighted by Crippen LogP contribution is -2.33. The van der Waals surface area contributed by atoms with Crippen LogP contribution < -0.4 is 5.32 Å². The Hall–Kier alpha value is -1.33. The van der Waals surface area contributed by atoms with Crippen LogP contribution in [-0.4, -0.2) is 6.54 Å². The van der Waals surface area contributed by atoms with Crippen LogP contribution in [0, 0.1) is 22.7 Å². The Balaban J connectivity index is 1.93. The van der Waals surface area contributed by atoms with Gasteiger partial charge in [0, 0.05) is 19.0 Å². The Morgan fingerprint density at radius 1 is 1.32 bits per heavy atom. The summed E-state index contributed by atoms with van der Waals surface area (Å²) in [4.78, 5) is 0. The third kappa shape index (κ3) is 4.36. The second-order valence-corrected chi connectivity index (χ2v) is 6.43. The molecule has 0 radical (unpaired) electrons. The van der Waals surface area contributed by atoms with Crippen molar-refractivity contribution in [3.8, 4) is 6.07 Å². The molecule has 2 heteroatoms. The number of rotatable bonds is 7. The molecule has 1 N–H and O–H groups in total. The summed E-state index contributed by atoms with van der Waals surface area (Å²) in [6.45, 7) is 5.46. The predicted octanol–water partition coefficient (Wildman–Crippen LogP) is 4.06. The van der Waals surface area contributed by atoms with E-state index in [-0.39, 0.29) is 5.41 Å². The van der Waals surface area contributed by atoms with Gasteiger partial charge < -0.3 is 5.32 Å². The van der Waals surface area contributed by atoms with Gasteiger partial charge in [-0.15, -0.1) is 0 Å². The van der Waals surface area contributed by atoms with E-state index in [0.717, 1.165) is 18.9 Å². The first-order chi connectivity index (χ1) is 9.12. The minimum atomic E-state index is 0.192. The molecule has 0 saturated heterocycles. The Labute approximate surface area is 116 Å². The van der Waals surface area contributed by atoms with Gasteiger partial charge in [-0.2, -0.15) is 5.26 Å². The van der Waals surface area contributed by atoms with E-state index in [4.69, 9.17) is 5.26 Å². The van der Waals surface area contributed by atoms with E-state index < -0.39 is 0 Å². The highest BCUT2D eigenvalue weighted by atomic mass is 14.9. The molecule has 2 rings (SSSR count). The molecule has 1 aromatic carbocycles. The van der Waals surface area contributed by atoms with E-state index >= 15 is 0 Å². The van der Waals surface area contributed by atoms with E-state index in [0.29, 0.717) is 12.5 Å². The first kappa shape index (κ1) is 14.1. The van der Waals surface area contributed by atoms with Crippen molar-refractivity contribution in [2.75, 3.05) is 6.54 Å². The second-order valence-electron chi connectivity index (χ2n) is 6.43. The maximum atomic E-state index is 8.71. The molecular formula is C17H24N2. The smallest absolute Gasteiger partial charge is 0.0621 e. The van der Waals surface area contributed by atoms with Crippen molar-refractivity contribution < 1.29 is 0 Å². The summed E-state index contributed by atoms with van der Waals surface area (Å²) < 4.78 is 0.